The van der Waals surface area contributed by atoms with Crippen molar-refractivity contribution in [2.24, 2.45) is 21.7 Å². The summed E-state index contributed by atoms with van der Waals surface area (Å²) >= 11 is 3.48. The molecule has 7 nitrogen and oxygen atoms in total. The predicted molar refractivity (Wildman–Crippen MR) is 114 cm³/mol. The van der Waals surface area contributed by atoms with Crippen molar-refractivity contribution in [2.45, 2.75) is 24.2 Å². The molecule has 4 N–H and O–H groups in total. The number of hydrogen-bond donors (Lipinski definition) is 2. The van der Waals surface area contributed by atoms with Gasteiger partial charge in [-0.15, -0.1) is 5.10 Å². The average molecular weight is 460 g/mol. The first-order valence-corrected chi connectivity index (χ1v) is 10.9. The van der Waals surface area contributed by atoms with Gasteiger partial charge in [0, 0.05) is 21.1 Å². The first-order valence-electron chi connectivity index (χ1n) is 8.69. The first kappa shape index (κ1) is 18.7. The Kier molecular flexibility index (Phi) is 4.72. The summed E-state index contributed by atoms with van der Waals surface area (Å²) in [4.78, 5) is 0.242. The molecule has 0 bridgehead atoms. The molecule has 0 fully saturated rings. The summed E-state index contributed by atoms with van der Waals surface area (Å²) in [5.74, 6) is -0.138. The van der Waals surface area contributed by atoms with Gasteiger partial charge in [0.15, 0.2) is 0 Å². The predicted octanol–water partition coefficient (Wildman–Crippen LogP) is 2.95. The van der Waals surface area contributed by atoms with Crippen molar-refractivity contribution in [3.8, 4) is 0 Å². The second-order valence-corrected chi connectivity index (χ2v) is 9.19. The maximum atomic E-state index is 13.5. The van der Waals surface area contributed by atoms with E-state index in [0.29, 0.717) is 29.8 Å². The molecule has 0 unspecified atom stereocenters. The summed E-state index contributed by atoms with van der Waals surface area (Å²) in [5, 5.41) is 8.80. The monoisotopic (exact) mass is 459 g/mol. The van der Waals surface area contributed by atoms with E-state index in [-0.39, 0.29) is 10.9 Å². The van der Waals surface area contributed by atoms with Gasteiger partial charge in [-0.05, 0) is 49.6 Å². The lowest BCUT2D eigenvalue weighted by Crippen LogP contribution is -2.23. The highest BCUT2D eigenvalue weighted by molar-refractivity contribution is 9.10. The third kappa shape index (κ3) is 3.10. The smallest absolute Gasteiger partial charge is 0.268 e. The zero-order chi connectivity index (χ0) is 19.9. The summed E-state index contributed by atoms with van der Waals surface area (Å²) in [6, 6.07) is 14.0. The molecule has 28 heavy (non-hydrogen) atoms. The van der Waals surface area contributed by atoms with Gasteiger partial charge in [0.1, 0.15) is 0 Å². The third-order valence-corrected chi connectivity index (χ3v) is 6.92. The number of nitrogens with two attached hydrogens (primary N) is 2. The number of hydrogen-bond acceptors (Lipinski definition) is 4. The van der Waals surface area contributed by atoms with E-state index < -0.39 is 10.0 Å². The zero-order valence-corrected chi connectivity index (χ0v) is 17.2. The minimum absolute atomic E-state index is 0.138. The number of halogens is 1. The Morgan fingerprint density at radius 1 is 1.07 bits per heavy atom. The lowest BCUT2D eigenvalue weighted by molar-refractivity contribution is 0.586. The minimum Gasteiger partial charge on any atom is -0.369 e. The summed E-state index contributed by atoms with van der Waals surface area (Å²) in [7, 11) is -3.77. The highest BCUT2D eigenvalue weighted by Crippen LogP contribution is 2.36. The SMILES string of the molecule is NC(N)=NN=C1CCCc2c1c1cc(Br)ccc1n2S(=O)(=O)c1ccccc1. The van der Waals surface area contributed by atoms with Crippen LogP contribution in [0.5, 0.6) is 0 Å². The van der Waals surface area contributed by atoms with E-state index in [1.54, 1.807) is 36.4 Å². The van der Waals surface area contributed by atoms with Crippen molar-refractivity contribution in [1.29, 1.82) is 0 Å². The van der Waals surface area contributed by atoms with Crippen LogP contribution in [0.1, 0.15) is 24.1 Å². The number of guanidine groups is 1. The molecule has 0 radical (unpaired) electrons. The molecule has 1 aliphatic rings. The fraction of sp³-hybridized carbons (Fsp3) is 0.158. The molecule has 0 aliphatic heterocycles. The first-order chi connectivity index (χ1) is 13.4. The van der Waals surface area contributed by atoms with Gasteiger partial charge in [-0.3, -0.25) is 0 Å². The molecular formula is C19H18BrN5O2S. The highest BCUT2D eigenvalue weighted by atomic mass is 79.9. The van der Waals surface area contributed by atoms with Gasteiger partial charge < -0.3 is 11.5 Å². The van der Waals surface area contributed by atoms with Gasteiger partial charge >= 0.3 is 0 Å². The van der Waals surface area contributed by atoms with Crippen molar-refractivity contribution < 1.29 is 8.42 Å². The molecule has 4 rings (SSSR count). The summed E-state index contributed by atoms with van der Waals surface area (Å²) in [6.45, 7) is 0. The van der Waals surface area contributed by atoms with Crippen LogP contribution in [0.3, 0.4) is 0 Å². The Labute approximate surface area is 170 Å². The number of fused-ring (bicyclic) bond motifs is 3. The molecule has 2 aromatic carbocycles. The molecular weight excluding hydrogens is 442 g/mol. The van der Waals surface area contributed by atoms with Crippen LogP contribution in [0, 0.1) is 0 Å². The molecule has 0 spiro atoms. The summed E-state index contributed by atoms with van der Waals surface area (Å²) < 4.78 is 29.2. The Bertz CT molecular complexity index is 1230. The lowest BCUT2D eigenvalue weighted by Gasteiger charge is -2.17. The van der Waals surface area contributed by atoms with E-state index in [4.69, 9.17) is 11.5 Å². The maximum Gasteiger partial charge on any atom is 0.268 e. The van der Waals surface area contributed by atoms with Crippen molar-refractivity contribution in [2.75, 3.05) is 0 Å². The standard InChI is InChI=1S/C19H18BrN5O2S/c20-12-9-10-16-14(11-12)18-15(23-24-19(21)22)7-4-8-17(18)25(16)28(26,27)13-5-2-1-3-6-13/h1-3,5-6,9-11H,4,7-8H2,(H4,21,22,24). The quantitative estimate of drug-likeness (QED) is 0.355. The molecule has 1 aliphatic carbocycles. The van der Waals surface area contributed by atoms with Crippen LogP contribution in [0.2, 0.25) is 0 Å². The second kappa shape index (κ2) is 7.06. The lowest BCUT2D eigenvalue weighted by atomic mass is 9.94. The molecule has 9 heteroatoms. The van der Waals surface area contributed by atoms with Gasteiger partial charge in [0.2, 0.25) is 5.96 Å². The number of nitrogens with zero attached hydrogens (tertiary/aromatic N) is 3. The Hall–Kier alpha value is -2.65. The summed E-state index contributed by atoms with van der Waals surface area (Å²) in [6.07, 6.45) is 2.04. The normalized spacial score (nSPS) is 15.5. The van der Waals surface area contributed by atoms with E-state index in [1.165, 1.54) is 3.97 Å². The molecule has 0 saturated carbocycles. The highest BCUT2D eigenvalue weighted by Gasteiger charge is 2.30. The van der Waals surface area contributed by atoms with Crippen molar-refractivity contribution >= 4 is 48.5 Å². The maximum absolute atomic E-state index is 13.5. The number of benzene rings is 2. The number of aromatic nitrogens is 1. The van der Waals surface area contributed by atoms with Crippen LogP contribution < -0.4 is 11.5 Å². The summed E-state index contributed by atoms with van der Waals surface area (Å²) in [5.41, 5.74) is 13.6. The van der Waals surface area contributed by atoms with Gasteiger partial charge in [-0.1, -0.05) is 34.1 Å². The Morgan fingerprint density at radius 3 is 2.54 bits per heavy atom. The van der Waals surface area contributed by atoms with E-state index in [9.17, 15) is 8.42 Å². The van der Waals surface area contributed by atoms with E-state index in [1.807, 2.05) is 12.1 Å². The van der Waals surface area contributed by atoms with Gasteiger partial charge in [0.25, 0.3) is 10.0 Å². The molecule has 1 aromatic heterocycles. The topological polar surface area (TPSA) is 116 Å². The van der Waals surface area contributed by atoms with Crippen LogP contribution in [0.4, 0.5) is 0 Å². The Balaban J connectivity index is 2.08. The fourth-order valence-corrected chi connectivity index (χ4v) is 5.54. The molecule has 144 valence electrons. The third-order valence-electron chi connectivity index (χ3n) is 4.66. The average Bonchev–Trinajstić information content (AvgIpc) is 3.01. The van der Waals surface area contributed by atoms with Crippen LogP contribution >= 0.6 is 15.9 Å². The minimum atomic E-state index is -3.77. The van der Waals surface area contributed by atoms with E-state index in [2.05, 4.69) is 26.1 Å². The second-order valence-electron chi connectivity index (χ2n) is 6.49. The molecule has 0 atom stereocenters. The molecule has 0 amide bonds. The van der Waals surface area contributed by atoms with Crippen LogP contribution in [0.25, 0.3) is 10.9 Å². The van der Waals surface area contributed by atoms with Crippen LogP contribution in [0.15, 0.2) is 68.1 Å². The number of rotatable bonds is 3. The van der Waals surface area contributed by atoms with Crippen LogP contribution in [-0.2, 0) is 16.4 Å². The van der Waals surface area contributed by atoms with Gasteiger partial charge in [-0.25, -0.2) is 12.4 Å². The van der Waals surface area contributed by atoms with Crippen molar-refractivity contribution in [3.05, 3.63) is 64.3 Å². The van der Waals surface area contributed by atoms with Crippen LogP contribution in [-0.4, -0.2) is 24.1 Å². The zero-order valence-electron chi connectivity index (χ0n) is 14.8. The molecule has 1 heterocycles. The van der Waals surface area contributed by atoms with Gasteiger partial charge in [-0.2, -0.15) is 5.10 Å². The largest absolute Gasteiger partial charge is 0.369 e. The van der Waals surface area contributed by atoms with Crippen molar-refractivity contribution in [1.82, 2.24) is 3.97 Å². The van der Waals surface area contributed by atoms with E-state index >= 15 is 0 Å². The van der Waals surface area contributed by atoms with Crippen molar-refractivity contribution in [3.63, 3.8) is 0 Å². The van der Waals surface area contributed by atoms with Gasteiger partial charge in [0.05, 0.1) is 16.1 Å². The Morgan fingerprint density at radius 2 is 1.82 bits per heavy atom. The fourth-order valence-electron chi connectivity index (χ4n) is 3.58. The molecule has 0 saturated heterocycles. The van der Waals surface area contributed by atoms with E-state index in [0.717, 1.165) is 21.8 Å². The molecule has 3 aromatic rings.